The lowest BCUT2D eigenvalue weighted by molar-refractivity contribution is -0.474. The third kappa shape index (κ3) is 2.64. The van der Waals surface area contributed by atoms with Gasteiger partial charge in [-0.2, -0.15) is 0 Å². The minimum Gasteiger partial charge on any atom is -0.392 e. The van der Waals surface area contributed by atoms with E-state index >= 15 is 0 Å². The molecule has 178 valence electrons. The first-order chi connectivity index (χ1) is 15.5. The molecule has 0 N–H and O–H groups in total. The summed E-state index contributed by atoms with van der Waals surface area (Å²) >= 11 is 0. The molecule has 6 nitrogen and oxygen atoms in total. The van der Waals surface area contributed by atoms with Crippen LogP contribution in [0.3, 0.4) is 0 Å². The van der Waals surface area contributed by atoms with Crippen LogP contribution < -0.4 is 0 Å². The van der Waals surface area contributed by atoms with Crippen LogP contribution in [-0.2, 0) is 23.8 Å². The number of ether oxygens (including phenoxy) is 4. The van der Waals surface area contributed by atoms with Crippen LogP contribution in [0.2, 0.25) is 0 Å². The summed E-state index contributed by atoms with van der Waals surface area (Å²) in [6, 6.07) is 0. The molecule has 0 radical (unpaired) electrons. The molecule has 0 aromatic rings. The molecule has 2 aliphatic heterocycles. The van der Waals surface area contributed by atoms with Gasteiger partial charge in [0.2, 0.25) is 11.6 Å². The van der Waals surface area contributed by atoms with Gasteiger partial charge in [0.15, 0.2) is 0 Å². The van der Waals surface area contributed by atoms with Crippen molar-refractivity contribution in [2.24, 2.45) is 39.7 Å². The van der Waals surface area contributed by atoms with Crippen LogP contribution in [0.25, 0.3) is 0 Å². The third-order valence-corrected chi connectivity index (χ3v) is 10.4. The predicted molar refractivity (Wildman–Crippen MR) is 120 cm³/mol. The molecule has 6 rings (SSSR count). The highest BCUT2D eigenvalue weighted by Gasteiger charge is 2.79. The molecule has 4 aliphatic carbocycles. The zero-order valence-electron chi connectivity index (χ0n) is 19.8. The second kappa shape index (κ2) is 7.53. The van der Waals surface area contributed by atoms with E-state index in [2.05, 4.69) is 20.4 Å². The summed E-state index contributed by atoms with van der Waals surface area (Å²) in [6.45, 7) is 11.4. The minimum absolute atomic E-state index is 0.175. The van der Waals surface area contributed by atoms with Crippen molar-refractivity contribution in [2.75, 3.05) is 33.0 Å². The van der Waals surface area contributed by atoms with E-state index in [1.165, 1.54) is 37.8 Å². The Hall–Kier alpha value is -0.950. The third-order valence-electron chi connectivity index (χ3n) is 10.4. The van der Waals surface area contributed by atoms with Gasteiger partial charge in [-0.1, -0.05) is 44.5 Å². The Morgan fingerprint density at radius 1 is 1.00 bits per heavy atom. The van der Waals surface area contributed by atoms with Gasteiger partial charge in [0, 0.05) is 17.8 Å². The Morgan fingerprint density at radius 3 is 2.50 bits per heavy atom. The smallest absolute Gasteiger partial charge is 0.229 e. The SMILES string of the molecule is C=CCO/N=C1/CC2CCCC[C@]2(C)[C@H]2CC[C@@]3(C)[C@@H](CC45OCCOC43OCCO5)[C@H]12. The summed E-state index contributed by atoms with van der Waals surface area (Å²) < 4.78 is 26.0. The van der Waals surface area contributed by atoms with Crippen molar-refractivity contribution in [2.45, 2.75) is 76.8 Å². The maximum absolute atomic E-state index is 6.55. The summed E-state index contributed by atoms with van der Waals surface area (Å²) in [7, 11) is 0. The molecule has 6 aliphatic rings. The molecule has 0 aromatic carbocycles. The zero-order chi connectivity index (χ0) is 22.0. The van der Waals surface area contributed by atoms with Crippen molar-refractivity contribution in [3.05, 3.63) is 12.7 Å². The Morgan fingerprint density at radius 2 is 1.75 bits per heavy atom. The van der Waals surface area contributed by atoms with E-state index in [0.29, 0.717) is 62.1 Å². The van der Waals surface area contributed by atoms with E-state index in [1.54, 1.807) is 6.08 Å². The summed E-state index contributed by atoms with van der Waals surface area (Å²) in [6.07, 6.45) is 11.2. The minimum atomic E-state index is -0.816. The summed E-state index contributed by atoms with van der Waals surface area (Å²) in [5, 5.41) is 4.78. The predicted octanol–water partition coefficient (Wildman–Crippen LogP) is 4.68. The van der Waals surface area contributed by atoms with Crippen LogP contribution >= 0.6 is 0 Å². The number of nitrogens with zero attached hydrogens (tertiary/aromatic N) is 1. The molecular weight excluding hydrogens is 406 g/mol. The van der Waals surface area contributed by atoms with E-state index in [-0.39, 0.29) is 5.41 Å². The van der Waals surface area contributed by atoms with Gasteiger partial charge >= 0.3 is 0 Å². The highest BCUT2D eigenvalue weighted by Crippen LogP contribution is 2.72. The van der Waals surface area contributed by atoms with Gasteiger partial charge < -0.3 is 23.8 Å². The molecule has 1 unspecified atom stereocenters. The second-order valence-electron chi connectivity index (χ2n) is 11.5. The average Bonchev–Trinajstić information content (AvgIpc) is 3.05. The normalized spacial score (nSPS) is 53.4. The lowest BCUT2D eigenvalue weighted by Gasteiger charge is -2.62. The van der Waals surface area contributed by atoms with Crippen molar-refractivity contribution in [3.8, 4) is 0 Å². The van der Waals surface area contributed by atoms with E-state index in [4.69, 9.17) is 28.9 Å². The van der Waals surface area contributed by atoms with Gasteiger partial charge in [0.25, 0.3) is 0 Å². The van der Waals surface area contributed by atoms with Crippen LogP contribution in [0.1, 0.15) is 65.2 Å². The fourth-order valence-corrected chi connectivity index (χ4v) is 8.96. The Balaban J connectivity index is 1.44. The standard InChI is InChI=1S/C26H39NO5/c1-4-11-32-27-21-16-18-7-5-6-9-23(18,2)19-8-10-24(3)20(22(19)21)17-25-26(24,30-14-12-28-25)31-15-13-29-25/h4,18-20,22H,1,5-17H2,2-3H3/b27-21-/t18?,19-,20-,22+,23-,24-,25?,26?/m0/s1. The van der Waals surface area contributed by atoms with Crippen molar-refractivity contribution < 1.29 is 23.8 Å². The van der Waals surface area contributed by atoms with Crippen LogP contribution in [0.15, 0.2) is 17.8 Å². The number of hydrogen-bond donors (Lipinski definition) is 0. The summed E-state index contributed by atoms with van der Waals surface area (Å²) in [5.41, 5.74) is 1.45. The maximum atomic E-state index is 6.55. The molecule has 0 aromatic heterocycles. The molecule has 6 atom stereocenters. The maximum Gasteiger partial charge on any atom is 0.229 e. The van der Waals surface area contributed by atoms with Crippen LogP contribution in [0.5, 0.6) is 0 Å². The first-order valence-corrected chi connectivity index (χ1v) is 12.9. The van der Waals surface area contributed by atoms with Gasteiger partial charge in [-0.05, 0) is 55.3 Å². The fraction of sp³-hybridized carbons (Fsp3) is 0.885. The van der Waals surface area contributed by atoms with Gasteiger partial charge in [0.1, 0.15) is 6.61 Å². The number of fused-ring (bicyclic) bond motifs is 5. The van der Waals surface area contributed by atoms with Crippen LogP contribution in [0, 0.1) is 34.5 Å². The van der Waals surface area contributed by atoms with Crippen molar-refractivity contribution in [1.29, 1.82) is 0 Å². The second-order valence-corrected chi connectivity index (χ2v) is 11.5. The molecule has 2 heterocycles. The Kier molecular flexibility index (Phi) is 5.07. The number of hydrogen-bond acceptors (Lipinski definition) is 6. The molecule has 0 bridgehead atoms. The van der Waals surface area contributed by atoms with Crippen LogP contribution in [-0.4, -0.2) is 50.3 Å². The average molecular weight is 446 g/mol. The van der Waals surface area contributed by atoms with Gasteiger partial charge in [-0.15, -0.1) is 0 Å². The quantitative estimate of drug-likeness (QED) is 0.359. The number of rotatable bonds is 3. The molecule has 6 fully saturated rings. The van der Waals surface area contributed by atoms with Gasteiger partial charge in [-0.3, -0.25) is 0 Å². The number of oxime groups is 1. The molecule has 0 amide bonds. The Labute approximate surface area is 192 Å². The largest absolute Gasteiger partial charge is 0.392 e. The monoisotopic (exact) mass is 445 g/mol. The Bertz CT molecular complexity index is 785. The van der Waals surface area contributed by atoms with E-state index < -0.39 is 11.6 Å². The van der Waals surface area contributed by atoms with Crippen molar-refractivity contribution in [3.63, 3.8) is 0 Å². The van der Waals surface area contributed by atoms with E-state index in [9.17, 15) is 0 Å². The fourth-order valence-electron chi connectivity index (χ4n) is 8.96. The highest BCUT2D eigenvalue weighted by atomic mass is 16.8. The van der Waals surface area contributed by atoms with E-state index in [1.807, 2.05) is 0 Å². The van der Waals surface area contributed by atoms with Gasteiger partial charge in [-0.25, -0.2) is 0 Å². The van der Waals surface area contributed by atoms with E-state index in [0.717, 1.165) is 19.3 Å². The van der Waals surface area contributed by atoms with Gasteiger partial charge in [0.05, 0.1) is 32.1 Å². The topological polar surface area (TPSA) is 58.5 Å². The molecular formula is C26H39NO5. The first kappa shape index (κ1) is 21.6. The van der Waals surface area contributed by atoms with Crippen LogP contribution in [0.4, 0.5) is 0 Å². The van der Waals surface area contributed by atoms with Crippen molar-refractivity contribution in [1.82, 2.24) is 0 Å². The molecule has 4 saturated carbocycles. The summed E-state index contributed by atoms with van der Waals surface area (Å²) in [5.74, 6) is 0.396. The zero-order valence-corrected chi connectivity index (χ0v) is 19.8. The molecule has 32 heavy (non-hydrogen) atoms. The highest BCUT2D eigenvalue weighted by molar-refractivity contribution is 5.88. The first-order valence-electron chi connectivity index (χ1n) is 12.9. The molecule has 2 saturated heterocycles. The summed E-state index contributed by atoms with van der Waals surface area (Å²) in [4.78, 5) is 5.74. The lowest BCUT2D eigenvalue weighted by Crippen LogP contribution is -2.70. The lowest BCUT2D eigenvalue weighted by atomic mass is 9.44. The van der Waals surface area contributed by atoms with Crippen molar-refractivity contribution >= 4 is 5.71 Å². The molecule has 6 heteroatoms. The molecule has 0 spiro atoms.